The van der Waals surface area contributed by atoms with Crippen LogP contribution in [0.3, 0.4) is 0 Å². The number of halogens is 1. The summed E-state index contributed by atoms with van der Waals surface area (Å²) in [6.45, 7) is 0.178. The lowest BCUT2D eigenvalue weighted by atomic mass is 10.1. The van der Waals surface area contributed by atoms with Gasteiger partial charge in [0.05, 0.1) is 12.0 Å². The van der Waals surface area contributed by atoms with Crippen molar-refractivity contribution < 1.29 is 27.9 Å². The Hall–Kier alpha value is -3.40. The van der Waals surface area contributed by atoms with E-state index in [9.17, 15) is 23.1 Å². The number of amides is 1. The summed E-state index contributed by atoms with van der Waals surface area (Å²) in [4.78, 5) is 23.9. The lowest BCUT2D eigenvalue weighted by molar-refractivity contribution is -0.139. The topological polar surface area (TPSA) is 122 Å². The number of sulfonamides is 1. The van der Waals surface area contributed by atoms with E-state index < -0.39 is 22.0 Å². The number of rotatable bonds is 11. The van der Waals surface area contributed by atoms with Crippen molar-refractivity contribution in [3.8, 4) is 16.9 Å². The number of carbonyl (C=O) groups excluding carboxylic acids is 1. The maximum absolute atomic E-state index is 12.8. The van der Waals surface area contributed by atoms with Crippen LogP contribution in [0.5, 0.6) is 5.75 Å². The molecule has 3 aromatic carbocycles. The van der Waals surface area contributed by atoms with Crippen molar-refractivity contribution in [2.75, 3.05) is 13.7 Å². The van der Waals surface area contributed by atoms with Gasteiger partial charge in [-0.2, -0.15) is 4.72 Å². The molecule has 0 aromatic heterocycles. The number of carbonyl (C=O) groups is 2. The zero-order valence-corrected chi connectivity index (χ0v) is 20.5. The van der Waals surface area contributed by atoms with Crippen molar-refractivity contribution in [1.29, 1.82) is 0 Å². The molecule has 1 amide bonds. The van der Waals surface area contributed by atoms with Crippen LogP contribution in [0.25, 0.3) is 11.1 Å². The van der Waals surface area contributed by atoms with Crippen molar-refractivity contribution in [2.45, 2.75) is 23.8 Å². The van der Waals surface area contributed by atoms with Crippen LogP contribution in [0, 0.1) is 0 Å². The second-order valence-corrected chi connectivity index (χ2v) is 9.82. The standard InChI is InChI=1S/C25H25ClN2O6S/c1-34-21-5-2-4-19(16-21)24(29)27-15-3-6-23(25(30)31)28-35(32,33)22-13-9-18(10-14-22)17-7-11-20(26)12-8-17/h2,4-5,7-14,16,23,28H,3,6,15H2,1H3,(H,27,29)(H,30,31)/t23-/m0/s1. The second kappa shape index (κ2) is 11.8. The van der Waals surface area contributed by atoms with Gasteiger partial charge < -0.3 is 15.2 Å². The van der Waals surface area contributed by atoms with Crippen LogP contribution < -0.4 is 14.8 Å². The van der Waals surface area contributed by atoms with Crippen LogP contribution in [-0.2, 0) is 14.8 Å². The van der Waals surface area contributed by atoms with Crippen LogP contribution >= 0.6 is 11.6 Å². The quantitative estimate of drug-likeness (QED) is 0.332. The number of hydrogen-bond acceptors (Lipinski definition) is 5. The van der Waals surface area contributed by atoms with Crippen LogP contribution in [0.4, 0.5) is 0 Å². The first kappa shape index (κ1) is 26.2. The summed E-state index contributed by atoms with van der Waals surface area (Å²) in [6, 6.07) is 18.5. The molecule has 0 aliphatic heterocycles. The molecule has 35 heavy (non-hydrogen) atoms. The van der Waals surface area contributed by atoms with Gasteiger partial charge in [0.15, 0.2) is 0 Å². The van der Waals surface area contributed by atoms with Crippen molar-refractivity contribution in [3.63, 3.8) is 0 Å². The van der Waals surface area contributed by atoms with Crippen LogP contribution in [0.15, 0.2) is 77.7 Å². The van der Waals surface area contributed by atoms with E-state index in [4.69, 9.17) is 16.3 Å². The predicted octanol–water partition coefficient (Wildman–Crippen LogP) is 3.96. The van der Waals surface area contributed by atoms with E-state index in [-0.39, 0.29) is 30.2 Å². The van der Waals surface area contributed by atoms with Gasteiger partial charge in [-0.15, -0.1) is 0 Å². The number of aliphatic carboxylic acids is 1. The number of nitrogens with one attached hydrogen (secondary N) is 2. The highest BCUT2D eigenvalue weighted by Crippen LogP contribution is 2.23. The third-order valence-electron chi connectivity index (χ3n) is 5.22. The van der Waals surface area contributed by atoms with E-state index in [1.807, 2.05) is 12.1 Å². The Morgan fingerprint density at radius 2 is 1.63 bits per heavy atom. The van der Waals surface area contributed by atoms with E-state index in [2.05, 4.69) is 10.0 Å². The summed E-state index contributed by atoms with van der Waals surface area (Å²) in [7, 11) is -2.57. The molecule has 0 fully saturated rings. The number of carboxylic acids is 1. The monoisotopic (exact) mass is 516 g/mol. The largest absolute Gasteiger partial charge is 0.497 e. The molecular weight excluding hydrogens is 492 g/mol. The highest BCUT2D eigenvalue weighted by atomic mass is 35.5. The molecule has 3 N–H and O–H groups in total. The molecule has 0 spiro atoms. The molecule has 184 valence electrons. The second-order valence-electron chi connectivity index (χ2n) is 7.67. The van der Waals surface area contributed by atoms with Gasteiger partial charge >= 0.3 is 5.97 Å². The van der Waals surface area contributed by atoms with Crippen LogP contribution in [-0.4, -0.2) is 45.1 Å². The molecule has 0 radical (unpaired) electrons. The average Bonchev–Trinajstić information content (AvgIpc) is 2.86. The van der Waals surface area contributed by atoms with Crippen molar-refractivity contribution in [3.05, 3.63) is 83.4 Å². The molecular formula is C25H25ClN2O6S. The van der Waals surface area contributed by atoms with E-state index in [0.29, 0.717) is 16.3 Å². The summed E-state index contributed by atoms with van der Waals surface area (Å²) >= 11 is 5.90. The van der Waals surface area contributed by atoms with Gasteiger partial charge in [-0.05, 0) is 66.4 Å². The van der Waals surface area contributed by atoms with Gasteiger partial charge in [0, 0.05) is 17.1 Å². The smallest absolute Gasteiger partial charge is 0.321 e. The van der Waals surface area contributed by atoms with Gasteiger partial charge in [0.1, 0.15) is 11.8 Å². The molecule has 0 bridgehead atoms. The maximum atomic E-state index is 12.8. The minimum absolute atomic E-state index is 0.00415. The van der Waals surface area contributed by atoms with Gasteiger partial charge in [-0.3, -0.25) is 9.59 Å². The maximum Gasteiger partial charge on any atom is 0.321 e. The van der Waals surface area contributed by atoms with Crippen molar-refractivity contribution in [1.82, 2.24) is 10.0 Å². The van der Waals surface area contributed by atoms with E-state index in [0.717, 1.165) is 11.1 Å². The third kappa shape index (κ3) is 7.29. The first-order chi connectivity index (χ1) is 16.7. The Kier molecular flexibility index (Phi) is 8.86. The zero-order valence-electron chi connectivity index (χ0n) is 18.9. The first-order valence-electron chi connectivity index (χ1n) is 10.7. The highest BCUT2D eigenvalue weighted by Gasteiger charge is 2.25. The molecule has 0 saturated carbocycles. The third-order valence-corrected chi connectivity index (χ3v) is 6.96. The molecule has 3 rings (SSSR count). The Morgan fingerprint density at radius 3 is 2.23 bits per heavy atom. The number of ether oxygens (including phenoxy) is 1. The Balaban J connectivity index is 1.57. The number of hydrogen-bond donors (Lipinski definition) is 3. The van der Waals surface area contributed by atoms with E-state index >= 15 is 0 Å². The molecule has 0 unspecified atom stereocenters. The lowest BCUT2D eigenvalue weighted by Crippen LogP contribution is -2.41. The molecule has 8 nitrogen and oxygen atoms in total. The van der Waals surface area contributed by atoms with E-state index in [1.54, 1.807) is 48.5 Å². The normalized spacial score (nSPS) is 12.1. The Labute approximate surface area is 208 Å². The van der Waals surface area contributed by atoms with Gasteiger partial charge in [0.2, 0.25) is 10.0 Å². The van der Waals surface area contributed by atoms with Gasteiger partial charge in [0.25, 0.3) is 5.91 Å². The number of carboxylic acid groups (broad SMARTS) is 1. The summed E-state index contributed by atoms with van der Waals surface area (Å²) in [5.74, 6) is -1.10. The van der Waals surface area contributed by atoms with Crippen molar-refractivity contribution >= 4 is 33.5 Å². The van der Waals surface area contributed by atoms with Crippen molar-refractivity contribution in [2.24, 2.45) is 0 Å². The molecule has 0 aliphatic carbocycles. The number of benzene rings is 3. The fourth-order valence-electron chi connectivity index (χ4n) is 3.33. The molecule has 0 heterocycles. The summed E-state index contributed by atoms with van der Waals surface area (Å²) in [6.07, 6.45) is 0.251. The fourth-order valence-corrected chi connectivity index (χ4v) is 4.68. The minimum atomic E-state index is -4.07. The molecule has 10 heteroatoms. The van der Waals surface area contributed by atoms with Crippen LogP contribution in [0.2, 0.25) is 5.02 Å². The zero-order chi connectivity index (χ0) is 25.4. The predicted molar refractivity (Wildman–Crippen MR) is 133 cm³/mol. The summed E-state index contributed by atoms with van der Waals surface area (Å²) in [5, 5.41) is 12.8. The summed E-state index contributed by atoms with van der Waals surface area (Å²) < 4.78 is 32.8. The van der Waals surface area contributed by atoms with Gasteiger partial charge in [-0.25, -0.2) is 8.42 Å². The first-order valence-corrected chi connectivity index (χ1v) is 12.6. The SMILES string of the molecule is COc1cccc(C(=O)NCCC[C@H](NS(=O)(=O)c2ccc(-c3ccc(Cl)cc3)cc2)C(=O)O)c1. The molecule has 1 atom stereocenters. The lowest BCUT2D eigenvalue weighted by Gasteiger charge is -2.15. The Bertz CT molecular complexity index is 1280. The molecule has 0 aliphatic rings. The minimum Gasteiger partial charge on any atom is -0.497 e. The Morgan fingerprint density at radius 1 is 1.00 bits per heavy atom. The molecule has 3 aromatic rings. The summed E-state index contributed by atoms with van der Waals surface area (Å²) in [5.41, 5.74) is 2.06. The van der Waals surface area contributed by atoms with Gasteiger partial charge in [-0.1, -0.05) is 41.9 Å². The number of methoxy groups -OCH3 is 1. The molecule has 0 saturated heterocycles. The average molecular weight is 517 g/mol. The fraction of sp³-hybridized carbons (Fsp3) is 0.200. The van der Waals surface area contributed by atoms with E-state index in [1.165, 1.54) is 19.2 Å². The highest BCUT2D eigenvalue weighted by molar-refractivity contribution is 7.89. The van der Waals surface area contributed by atoms with Crippen LogP contribution in [0.1, 0.15) is 23.2 Å².